The van der Waals surface area contributed by atoms with E-state index in [9.17, 15) is 0 Å². The second-order valence-corrected chi connectivity index (χ2v) is 5.49. The van der Waals surface area contributed by atoms with Crippen LogP contribution in [0.1, 0.15) is 31.2 Å². The largest absolute Gasteiger partial charge is 0.379 e. The van der Waals surface area contributed by atoms with Crippen LogP contribution < -0.4 is 5.73 Å². The van der Waals surface area contributed by atoms with E-state index < -0.39 is 0 Å². The Balaban J connectivity index is 2.05. The molecule has 0 amide bonds. The summed E-state index contributed by atoms with van der Waals surface area (Å²) in [6.45, 7) is 6.35. The van der Waals surface area contributed by atoms with Gasteiger partial charge in [-0.15, -0.1) is 0 Å². The molecule has 1 fully saturated rings. The summed E-state index contributed by atoms with van der Waals surface area (Å²) in [4.78, 5) is 7.97. The second-order valence-electron chi connectivity index (χ2n) is 5.49. The molecular weight excluding hydrogens is 226 g/mol. The Bertz CT molecular complexity index is 564. The normalized spacial score (nSPS) is 18.2. The minimum absolute atomic E-state index is 0.0112. The van der Waals surface area contributed by atoms with Gasteiger partial charge in [0.1, 0.15) is 5.82 Å². The standard InChI is InChI=1S/C14H19N3O/c1-9(2)13-16-11-4-3-10(5-12(11)17-13)14(6-15)7-18-8-14/h3-5,9H,6-8,15H2,1-2H3,(H,16,17). The van der Waals surface area contributed by atoms with Crippen molar-refractivity contribution in [3.8, 4) is 0 Å². The van der Waals surface area contributed by atoms with Crippen LogP contribution in [0.3, 0.4) is 0 Å². The van der Waals surface area contributed by atoms with Crippen LogP contribution in [0.2, 0.25) is 0 Å². The van der Waals surface area contributed by atoms with E-state index >= 15 is 0 Å². The molecule has 0 radical (unpaired) electrons. The van der Waals surface area contributed by atoms with E-state index in [1.54, 1.807) is 0 Å². The summed E-state index contributed by atoms with van der Waals surface area (Å²) in [5, 5.41) is 0. The van der Waals surface area contributed by atoms with Crippen molar-refractivity contribution in [2.75, 3.05) is 19.8 Å². The third kappa shape index (κ3) is 1.64. The Morgan fingerprint density at radius 2 is 2.22 bits per heavy atom. The number of aromatic nitrogens is 2. The van der Waals surface area contributed by atoms with Gasteiger partial charge in [0.2, 0.25) is 0 Å². The number of nitrogens with zero attached hydrogens (tertiary/aromatic N) is 1. The topological polar surface area (TPSA) is 63.9 Å². The number of benzene rings is 1. The van der Waals surface area contributed by atoms with E-state index in [1.807, 2.05) is 0 Å². The zero-order chi connectivity index (χ0) is 12.8. The molecule has 1 aliphatic heterocycles. The van der Waals surface area contributed by atoms with E-state index in [-0.39, 0.29) is 5.41 Å². The van der Waals surface area contributed by atoms with E-state index in [0.29, 0.717) is 12.5 Å². The molecule has 1 saturated heterocycles. The second kappa shape index (κ2) is 4.07. The van der Waals surface area contributed by atoms with Crippen LogP contribution >= 0.6 is 0 Å². The summed E-state index contributed by atoms with van der Waals surface area (Å²) in [7, 11) is 0. The van der Waals surface area contributed by atoms with Gasteiger partial charge >= 0.3 is 0 Å². The van der Waals surface area contributed by atoms with E-state index in [4.69, 9.17) is 10.5 Å². The minimum Gasteiger partial charge on any atom is -0.379 e. The Labute approximate surface area is 107 Å². The van der Waals surface area contributed by atoms with Crippen molar-refractivity contribution in [2.45, 2.75) is 25.2 Å². The molecule has 2 aromatic rings. The van der Waals surface area contributed by atoms with Gasteiger partial charge in [-0.2, -0.15) is 0 Å². The van der Waals surface area contributed by atoms with Gasteiger partial charge in [0.05, 0.1) is 29.7 Å². The smallest absolute Gasteiger partial charge is 0.109 e. The van der Waals surface area contributed by atoms with Crippen LogP contribution in [0.15, 0.2) is 18.2 Å². The lowest BCUT2D eigenvalue weighted by molar-refractivity contribution is -0.0549. The maximum Gasteiger partial charge on any atom is 0.109 e. The average Bonchev–Trinajstić information content (AvgIpc) is 2.71. The third-order valence-electron chi connectivity index (χ3n) is 3.81. The molecule has 4 heteroatoms. The molecule has 2 heterocycles. The van der Waals surface area contributed by atoms with Gasteiger partial charge in [0, 0.05) is 12.5 Å². The molecule has 18 heavy (non-hydrogen) atoms. The Morgan fingerprint density at radius 3 is 2.78 bits per heavy atom. The van der Waals surface area contributed by atoms with Crippen molar-refractivity contribution >= 4 is 11.0 Å². The van der Waals surface area contributed by atoms with Gasteiger partial charge in [0.15, 0.2) is 0 Å². The van der Waals surface area contributed by atoms with Crippen LogP contribution in [0.4, 0.5) is 0 Å². The molecule has 0 bridgehead atoms. The summed E-state index contributed by atoms with van der Waals surface area (Å²) < 4.78 is 5.33. The fraction of sp³-hybridized carbons (Fsp3) is 0.500. The van der Waals surface area contributed by atoms with Gasteiger partial charge in [-0.05, 0) is 17.7 Å². The summed E-state index contributed by atoms with van der Waals surface area (Å²) in [5.41, 5.74) is 9.27. The molecule has 3 rings (SSSR count). The summed E-state index contributed by atoms with van der Waals surface area (Å²) >= 11 is 0. The third-order valence-corrected chi connectivity index (χ3v) is 3.81. The Kier molecular flexibility index (Phi) is 2.64. The SMILES string of the molecule is CC(C)c1nc2ccc(C3(CN)COC3)cc2[nH]1. The highest BCUT2D eigenvalue weighted by atomic mass is 16.5. The fourth-order valence-corrected chi connectivity index (χ4v) is 2.38. The van der Waals surface area contributed by atoms with Gasteiger partial charge < -0.3 is 15.5 Å². The Hall–Kier alpha value is -1.39. The van der Waals surface area contributed by atoms with Gasteiger partial charge in [-0.1, -0.05) is 19.9 Å². The molecule has 3 N–H and O–H groups in total. The molecule has 0 atom stereocenters. The molecule has 0 aliphatic carbocycles. The molecule has 96 valence electrons. The molecule has 4 nitrogen and oxygen atoms in total. The van der Waals surface area contributed by atoms with Crippen LogP contribution in [0, 0.1) is 0 Å². The average molecular weight is 245 g/mol. The van der Waals surface area contributed by atoms with E-state index in [2.05, 4.69) is 42.0 Å². The fourth-order valence-electron chi connectivity index (χ4n) is 2.38. The monoisotopic (exact) mass is 245 g/mol. The maximum atomic E-state index is 5.89. The first-order valence-corrected chi connectivity index (χ1v) is 6.42. The lowest BCUT2D eigenvalue weighted by atomic mass is 9.78. The number of imidazole rings is 1. The van der Waals surface area contributed by atoms with E-state index in [1.165, 1.54) is 5.56 Å². The van der Waals surface area contributed by atoms with Crippen molar-refractivity contribution in [3.63, 3.8) is 0 Å². The van der Waals surface area contributed by atoms with Crippen molar-refractivity contribution in [2.24, 2.45) is 5.73 Å². The molecular formula is C14H19N3O. The zero-order valence-corrected chi connectivity index (χ0v) is 10.9. The lowest BCUT2D eigenvalue weighted by Gasteiger charge is -2.41. The van der Waals surface area contributed by atoms with Crippen LogP contribution in [-0.2, 0) is 10.2 Å². The summed E-state index contributed by atoms with van der Waals surface area (Å²) in [6.07, 6.45) is 0. The van der Waals surface area contributed by atoms with Crippen molar-refractivity contribution < 1.29 is 4.74 Å². The molecule has 0 spiro atoms. The van der Waals surface area contributed by atoms with Gasteiger partial charge in [0.25, 0.3) is 0 Å². The predicted octanol–water partition coefficient (Wildman–Crippen LogP) is 1.91. The lowest BCUT2D eigenvalue weighted by Crippen LogP contribution is -2.52. The predicted molar refractivity (Wildman–Crippen MR) is 71.7 cm³/mol. The minimum atomic E-state index is 0.0112. The van der Waals surface area contributed by atoms with Gasteiger partial charge in [-0.25, -0.2) is 4.98 Å². The van der Waals surface area contributed by atoms with Crippen LogP contribution in [-0.4, -0.2) is 29.7 Å². The molecule has 1 aromatic heterocycles. The number of nitrogens with one attached hydrogen (secondary N) is 1. The number of H-pyrrole nitrogens is 1. The van der Waals surface area contributed by atoms with E-state index in [0.717, 1.165) is 30.1 Å². The molecule has 0 unspecified atom stereocenters. The quantitative estimate of drug-likeness (QED) is 0.868. The van der Waals surface area contributed by atoms with Gasteiger partial charge in [-0.3, -0.25) is 0 Å². The van der Waals surface area contributed by atoms with Crippen molar-refractivity contribution in [1.82, 2.24) is 9.97 Å². The number of rotatable bonds is 3. The number of fused-ring (bicyclic) bond motifs is 1. The highest BCUT2D eigenvalue weighted by Gasteiger charge is 2.39. The first kappa shape index (κ1) is 11.7. The number of hydrogen-bond donors (Lipinski definition) is 2. The molecule has 1 aromatic carbocycles. The van der Waals surface area contributed by atoms with Crippen LogP contribution in [0.25, 0.3) is 11.0 Å². The zero-order valence-electron chi connectivity index (χ0n) is 10.9. The molecule has 0 saturated carbocycles. The highest BCUT2D eigenvalue weighted by molar-refractivity contribution is 5.76. The number of ether oxygens (including phenoxy) is 1. The number of nitrogens with two attached hydrogens (primary N) is 1. The maximum absolute atomic E-state index is 5.89. The first-order valence-electron chi connectivity index (χ1n) is 6.42. The van der Waals surface area contributed by atoms with Crippen LogP contribution in [0.5, 0.6) is 0 Å². The highest BCUT2D eigenvalue weighted by Crippen LogP contribution is 2.33. The first-order chi connectivity index (χ1) is 8.64. The summed E-state index contributed by atoms with van der Waals surface area (Å²) in [5.74, 6) is 1.45. The summed E-state index contributed by atoms with van der Waals surface area (Å²) in [6, 6.07) is 6.37. The Morgan fingerprint density at radius 1 is 1.44 bits per heavy atom. The van der Waals surface area contributed by atoms with Crippen molar-refractivity contribution in [3.05, 3.63) is 29.6 Å². The molecule has 1 aliphatic rings. The number of hydrogen-bond acceptors (Lipinski definition) is 3. The van der Waals surface area contributed by atoms with Crippen molar-refractivity contribution in [1.29, 1.82) is 0 Å². The number of aromatic amines is 1.